The lowest BCUT2D eigenvalue weighted by atomic mass is 10.3. The number of hydrogen-bond acceptors (Lipinski definition) is 3. The number of carboxylic acid groups (broad SMARTS) is 1. The Morgan fingerprint density at radius 1 is 1.67 bits per heavy atom. The van der Waals surface area contributed by atoms with Crippen LogP contribution in [0.5, 0.6) is 0 Å². The van der Waals surface area contributed by atoms with Crippen LogP contribution in [0.1, 0.15) is 13.8 Å². The van der Waals surface area contributed by atoms with E-state index in [1.807, 2.05) is 13.8 Å². The zero-order chi connectivity index (χ0) is 9.56. The fraction of sp³-hybridized carbons (Fsp3) is 0.714. The fourth-order valence-corrected chi connectivity index (χ4v) is 1.38. The maximum Gasteiger partial charge on any atom is 0.327 e. The van der Waals surface area contributed by atoms with Crippen molar-refractivity contribution < 1.29 is 14.7 Å². The van der Waals surface area contributed by atoms with Gasteiger partial charge in [-0.3, -0.25) is 4.79 Å². The number of aliphatic carboxylic acids is 1. The van der Waals surface area contributed by atoms with Gasteiger partial charge in [0.15, 0.2) is 0 Å². The van der Waals surface area contributed by atoms with Crippen molar-refractivity contribution in [1.82, 2.24) is 5.32 Å². The Hall–Kier alpha value is -0.710. The first-order chi connectivity index (χ1) is 5.57. The van der Waals surface area contributed by atoms with Crippen molar-refractivity contribution in [3.8, 4) is 0 Å². The number of carboxylic acids is 1. The molecule has 0 unspecified atom stereocenters. The van der Waals surface area contributed by atoms with E-state index < -0.39 is 12.0 Å². The fourth-order valence-electron chi connectivity index (χ4n) is 0.561. The molecule has 1 amide bonds. The molecule has 0 fully saturated rings. The number of thioether (sulfide) groups is 1. The molecular weight excluding hydrogens is 178 g/mol. The van der Waals surface area contributed by atoms with E-state index in [4.69, 9.17) is 5.11 Å². The second kappa shape index (κ2) is 5.88. The molecule has 70 valence electrons. The van der Waals surface area contributed by atoms with Crippen LogP contribution in [0.3, 0.4) is 0 Å². The molecule has 0 aromatic carbocycles. The molecule has 5 heteroatoms. The summed E-state index contributed by atoms with van der Waals surface area (Å²) < 4.78 is 0. The van der Waals surface area contributed by atoms with Gasteiger partial charge in [-0.25, -0.2) is 4.79 Å². The Balaban J connectivity index is 3.78. The number of rotatable bonds is 6. The van der Waals surface area contributed by atoms with Gasteiger partial charge in [0.05, 0.1) is 0 Å². The Morgan fingerprint density at radius 3 is 2.58 bits per heavy atom. The van der Waals surface area contributed by atoms with Gasteiger partial charge in [-0.05, 0) is 5.25 Å². The van der Waals surface area contributed by atoms with E-state index in [1.54, 1.807) is 0 Å². The van der Waals surface area contributed by atoms with Crippen LogP contribution in [0.2, 0.25) is 0 Å². The van der Waals surface area contributed by atoms with Crippen LogP contribution >= 0.6 is 11.8 Å². The van der Waals surface area contributed by atoms with Crippen LogP contribution in [0.4, 0.5) is 0 Å². The highest BCUT2D eigenvalue weighted by atomic mass is 32.2. The van der Waals surface area contributed by atoms with Crippen molar-refractivity contribution in [2.75, 3.05) is 5.75 Å². The lowest BCUT2D eigenvalue weighted by molar-refractivity contribution is -0.139. The normalized spacial score (nSPS) is 12.6. The highest BCUT2D eigenvalue weighted by Gasteiger charge is 2.16. The summed E-state index contributed by atoms with van der Waals surface area (Å²) in [6.45, 7) is 3.95. The maximum absolute atomic E-state index is 10.5. The summed E-state index contributed by atoms with van der Waals surface area (Å²) in [7, 11) is 0. The maximum atomic E-state index is 10.5. The first-order valence-corrected chi connectivity index (χ1v) is 4.67. The molecule has 12 heavy (non-hydrogen) atoms. The Labute approximate surface area is 75.7 Å². The lowest BCUT2D eigenvalue weighted by Gasteiger charge is -2.11. The number of amides is 1. The monoisotopic (exact) mass is 191 g/mol. The summed E-state index contributed by atoms with van der Waals surface area (Å²) >= 11 is 1.51. The van der Waals surface area contributed by atoms with Gasteiger partial charge in [0.25, 0.3) is 0 Å². The minimum atomic E-state index is -0.991. The van der Waals surface area contributed by atoms with Crippen molar-refractivity contribution in [2.45, 2.75) is 25.1 Å². The third-order valence-electron chi connectivity index (χ3n) is 1.16. The topological polar surface area (TPSA) is 66.4 Å². The van der Waals surface area contributed by atoms with Gasteiger partial charge >= 0.3 is 5.97 Å². The second-order valence-electron chi connectivity index (χ2n) is 2.56. The number of carbonyl (C=O) groups is 2. The molecule has 0 spiro atoms. The zero-order valence-electron chi connectivity index (χ0n) is 7.11. The molecule has 2 N–H and O–H groups in total. The van der Waals surface area contributed by atoms with Crippen LogP contribution < -0.4 is 5.32 Å². The Morgan fingerprint density at radius 2 is 2.25 bits per heavy atom. The average Bonchev–Trinajstić information content (AvgIpc) is 1.96. The summed E-state index contributed by atoms with van der Waals surface area (Å²) in [5.74, 6) is -0.582. The first-order valence-electron chi connectivity index (χ1n) is 3.62. The smallest absolute Gasteiger partial charge is 0.327 e. The van der Waals surface area contributed by atoms with Crippen LogP contribution in [-0.2, 0) is 9.59 Å². The molecule has 0 aromatic rings. The van der Waals surface area contributed by atoms with Crippen LogP contribution in [0.15, 0.2) is 0 Å². The molecule has 0 bridgehead atoms. The van der Waals surface area contributed by atoms with Crippen molar-refractivity contribution in [1.29, 1.82) is 0 Å². The lowest BCUT2D eigenvalue weighted by Crippen LogP contribution is -2.38. The highest BCUT2D eigenvalue weighted by molar-refractivity contribution is 7.99. The van der Waals surface area contributed by atoms with Gasteiger partial charge in [0.1, 0.15) is 6.04 Å². The zero-order valence-corrected chi connectivity index (χ0v) is 7.93. The highest BCUT2D eigenvalue weighted by Crippen LogP contribution is 2.10. The Kier molecular flexibility index (Phi) is 5.53. The summed E-state index contributed by atoms with van der Waals surface area (Å²) in [5.41, 5.74) is 0. The van der Waals surface area contributed by atoms with Crippen molar-refractivity contribution in [2.24, 2.45) is 0 Å². The van der Waals surface area contributed by atoms with Gasteiger partial charge in [-0.1, -0.05) is 13.8 Å². The van der Waals surface area contributed by atoms with Crippen LogP contribution in [0.25, 0.3) is 0 Å². The average molecular weight is 191 g/mol. The molecule has 4 nitrogen and oxygen atoms in total. The van der Waals surface area contributed by atoms with E-state index in [1.165, 1.54) is 11.8 Å². The molecule has 0 saturated heterocycles. The third-order valence-corrected chi connectivity index (χ3v) is 2.36. The molecule has 0 aliphatic carbocycles. The first kappa shape index (κ1) is 11.3. The summed E-state index contributed by atoms with van der Waals surface area (Å²) in [4.78, 5) is 20.4. The molecule has 0 heterocycles. The SMILES string of the molecule is CC(C)SC[C@H](NC=O)C(=O)O. The molecular formula is C7H13NO3S. The van der Waals surface area contributed by atoms with E-state index >= 15 is 0 Å². The largest absolute Gasteiger partial charge is 0.480 e. The van der Waals surface area contributed by atoms with E-state index in [-0.39, 0.29) is 0 Å². The second-order valence-corrected chi connectivity index (χ2v) is 4.17. The molecule has 1 atom stereocenters. The van der Waals surface area contributed by atoms with Crippen LogP contribution in [0, 0.1) is 0 Å². The van der Waals surface area contributed by atoms with Crippen molar-refractivity contribution in [3.05, 3.63) is 0 Å². The third kappa shape index (κ3) is 5.01. The standard InChI is InChI=1S/C7H13NO3S/c1-5(2)12-3-6(7(10)11)8-4-9/h4-6H,3H2,1-2H3,(H,8,9)(H,10,11)/t6-/m0/s1. The van der Waals surface area contributed by atoms with E-state index in [0.29, 0.717) is 17.4 Å². The number of carbonyl (C=O) groups excluding carboxylic acids is 1. The van der Waals surface area contributed by atoms with Gasteiger partial charge in [0, 0.05) is 5.75 Å². The van der Waals surface area contributed by atoms with E-state index in [0.717, 1.165) is 0 Å². The van der Waals surface area contributed by atoms with Gasteiger partial charge in [-0.15, -0.1) is 0 Å². The van der Waals surface area contributed by atoms with E-state index in [9.17, 15) is 9.59 Å². The molecule has 0 aliphatic rings. The van der Waals surface area contributed by atoms with Gasteiger partial charge in [0.2, 0.25) is 6.41 Å². The van der Waals surface area contributed by atoms with E-state index in [2.05, 4.69) is 5.32 Å². The molecule has 0 saturated carbocycles. The number of hydrogen-bond donors (Lipinski definition) is 2. The molecule has 0 rings (SSSR count). The van der Waals surface area contributed by atoms with Crippen molar-refractivity contribution >= 4 is 24.1 Å². The summed E-state index contributed by atoms with van der Waals surface area (Å²) in [6.07, 6.45) is 0.416. The predicted molar refractivity (Wildman–Crippen MR) is 48.2 cm³/mol. The molecule has 0 radical (unpaired) electrons. The van der Waals surface area contributed by atoms with Crippen molar-refractivity contribution in [3.63, 3.8) is 0 Å². The van der Waals surface area contributed by atoms with Crippen LogP contribution in [-0.4, -0.2) is 34.5 Å². The molecule has 0 aromatic heterocycles. The Bertz CT molecular complexity index is 161. The minimum Gasteiger partial charge on any atom is -0.480 e. The summed E-state index contributed by atoms with van der Waals surface area (Å²) in [5, 5.41) is 11.2. The van der Waals surface area contributed by atoms with Gasteiger partial charge in [-0.2, -0.15) is 11.8 Å². The predicted octanol–water partition coefficient (Wildman–Crippen LogP) is 0.327. The minimum absolute atomic E-state index is 0.375. The number of nitrogens with one attached hydrogen (secondary N) is 1. The van der Waals surface area contributed by atoms with Gasteiger partial charge < -0.3 is 10.4 Å². The quantitative estimate of drug-likeness (QED) is 0.594. The summed E-state index contributed by atoms with van der Waals surface area (Å²) in [6, 6.07) is -0.769. The molecule has 0 aliphatic heterocycles.